The van der Waals surface area contributed by atoms with Crippen LogP contribution in [0.15, 0.2) is 48.0 Å². The van der Waals surface area contributed by atoms with Crippen LogP contribution in [0.4, 0.5) is 5.69 Å². The Kier molecular flexibility index (Phi) is 4.42. The molecule has 2 aromatic rings. The van der Waals surface area contributed by atoms with E-state index in [1.807, 2.05) is 36.4 Å². The molecule has 0 spiro atoms. The minimum Gasteiger partial charge on any atom is -0.493 e. The lowest BCUT2D eigenvalue weighted by molar-refractivity contribution is -0.117. The Balaban J connectivity index is 1.87. The van der Waals surface area contributed by atoms with Gasteiger partial charge in [-0.15, -0.1) is 0 Å². The molecule has 5 heteroatoms. The Morgan fingerprint density at radius 1 is 0.958 bits per heavy atom. The van der Waals surface area contributed by atoms with Crippen molar-refractivity contribution in [3.63, 3.8) is 0 Å². The zero-order valence-electron chi connectivity index (χ0n) is 13.9. The molecule has 0 aliphatic carbocycles. The Bertz CT molecular complexity index is 758. The smallest absolute Gasteiger partial charge is 0.256 e. The molecule has 0 saturated carbocycles. The van der Waals surface area contributed by atoms with Gasteiger partial charge in [-0.3, -0.25) is 4.79 Å². The zero-order chi connectivity index (χ0) is 17.1. The number of hydrogen-bond donors (Lipinski definition) is 0. The van der Waals surface area contributed by atoms with Gasteiger partial charge in [0.2, 0.25) is 5.75 Å². The first-order chi connectivity index (χ1) is 11.7. The largest absolute Gasteiger partial charge is 0.493 e. The van der Waals surface area contributed by atoms with Gasteiger partial charge in [-0.05, 0) is 11.6 Å². The Morgan fingerprint density at radius 3 is 2.08 bits per heavy atom. The van der Waals surface area contributed by atoms with Crippen LogP contribution in [0.5, 0.6) is 17.2 Å². The quantitative estimate of drug-likeness (QED) is 0.626. The van der Waals surface area contributed by atoms with Gasteiger partial charge in [-0.1, -0.05) is 30.3 Å². The molecule has 0 unspecified atom stereocenters. The van der Waals surface area contributed by atoms with Crippen molar-refractivity contribution in [1.82, 2.24) is 0 Å². The van der Waals surface area contributed by atoms with Gasteiger partial charge in [0.05, 0.1) is 33.6 Å². The van der Waals surface area contributed by atoms with Gasteiger partial charge in [-0.2, -0.15) is 0 Å². The molecule has 124 valence electrons. The maximum atomic E-state index is 12.5. The third-order valence-electron chi connectivity index (χ3n) is 3.95. The zero-order valence-corrected chi connectivity index (χ0v) is 13.9. The van der Waals surface area contributed by atoms with Crippen LogP contribution in [-0.2, 0) is 4.79 Å². The number of amides is 1. The van der Waals surface area contributed by atoms with Gasteiger partial charge in [0.25, 0.3) is 5.91 Å². The molecule has 1 aliphatic rings. The van der Waals surface area contributed by atoms with Crippen molar-refractivity contribution < 1.29 is 19.0 Å². The van der Waals surface area contributed by atoms with Gasteiger partial charge < -0.3 is 19.1 Å². The van der Waals surface area contributed by atoms with Crippen molar-refractivity contribution in [1.29, 1.82) is 0 Å². The van der Waals surface area contributed by atoms with Crippen molar-refractivity contribution in [3.8, 4) is 17.2 Å². The van der Waals surface area contributed by atoms with Gasteiger partial charge >= 0.3 is 0 Å². The Labute approximate surface area is 141 Å². The summed E-state index contributed by atoms with van der Waals surface area (Å²) in [5, 5.41) is 0. The first kappa shape index (κ1) is 15.9. The molecular weight excluding hydrogens is 306 g/mol. The monoisotopic (exact) mass is 325 g/mol. The molecule has 0 bridgehead atoms. The summed E-state index contributed by atoms with van der Waals surface area (Å²) in [6, 6.07) is 13.4. The number of ether oxygens (including phenoxy) is 3. The number of anilines is 1. The molecule has 0 N–H and O–H groups in total. The fourth-order valence-electron chi connectivity index (χ4n) is 2.68. The van der Waals surface area contributed by atoms with Crippen LogP contribution in [0.3, 0.4) is 0 Å². The molecule has 1 saturated heterocycles. The predicted molar refractivity (Wildman–Crippen MR) is 92.9 cm³/mol. The van der Waals surface area contributed by atoms with Crippen molar-refractivity contribution >= 4 is 17.7 Å². The second-order valence-corrected chi connectivity index (χ2v) is 5.36. The molecule has 1 aliphatic heterocycles. The molecule has 24 heavy (non-hydrogen) atoms. The number of benzene rings is 2. The summed E-state index contributed by atoms with van der Waals surface area (Å²) in [6.07, 6.45) is 1.91. The summed E-state index contributed by atoms with van der Waals surface area (Å²) in [6.45, 7) is 0.548. The van der Waals surface area contributed by atoms with Crippen molar-refractivity contribution in [2.24, 2.45) is 0 Å². The van der Waals surface area contributed by atoms with E-state index < -0.39 is 0 Å². The van der Waals surface area contributed by atoms with Crippen LogP contribution in [0.25, 0.3) is 6.08 Å². The van der Waals surface area contributed by atoms with E-state index in [1.54, 1.807) is 38.4 Å². The first-order valence-corrected chi connectivity index (χ1v) is 7.55. The number of methoxy groups -OCH3 is 3. The molecule has 3 rings (SSSR count). The van der Waals surface area contributed by atoms with Crippen molar-refractivity contribution in [3.05, 3.63) is 53.6 Å². The van der Waals surface area contributed by atoms with E-state index in [4.69, 9.17) is 14.2 Å². The van der Waals surface area contributed by atoms with E-state index >= 15 is 0 Å². The lowest BCUT2D eigenvalue weighted by Gasteiger charge is -2.34. The maximum absolute atomic E-state index is 12.5. The van der Waals surface area contributed by atoms with Gasteiger partial charge in [0, 0.05) is 17.7 Å². The molecule has 1 amide bonds. The van der Waals surface area contributed by atoms with Crippen LogP contribution in [0.1, 0.15) is 5.56 Å². The second-order valence-electron chi connectivity index (χ2n) is 5.36. The van der Waals surface area contributed by atoms with E-state index in [2.05, 4.69) is 0 Å². The molecular formula is C19H19NO4. The van der Waals surface area contributed by atoms with Crippen LogP contribution in [-0.4, -0.2) is 33.8 Å². The fourth-order valence-corrected chi connectivity index (χ4v) is 2.68. The average Bonchev–Trinajstić information content (AvgIpc) is 2.64. The number of carbonyl (C=O) groups is 1. The molecule has 2 aromatic carbocycles. The van der Waals surface area contributed by atoms with Crippen molar-refractivity contribution in [2.75, 3.05) is 32.8 Å². The molecule has 0 radical (unpaired) electrons. The van der Waals surface area contributed by atoms with Crippen LogP contribution in [0, 0.1) is 0 Å². The highest BCUT2D eigenvalue weighted by atomic mass is 16.5. The van der Waals surface area contributed by atoms with E-state index in [0.29, 0.717) is 23.8 Å². The fraction of sp³-hybridized carbons (Fsp3) is 0.211. The number of β-lactam (4-membered cyclic amide) rings is 1. The SMILES string of the molecule is COc1cc(N2C/C(=C/c3ccccc3)C2=O)cc(OC)c1OC. The number of nitrogens with zero attached hydrogens (tertiary/aromatic N) is 1. The third kappa shape index (κ3) is 2.80. The van der Waals surface area contributed by atoms with Crippen molar-refractivity contribution in [2.45, 2.75) is 0 Å². The first-order valence-electron chi connectivity index (χ1n) is 7.55. The third-order valence-corrected chi connectivity index (χ3v) is 3.95. The summed E-state index contributed by atoms with van der Waals surface area (Å²) >= 11 is 0. The average molecular weight is 325 g/mol. The lowest BCUT2D eigenvalue weighted by Crippen LogP contribution is -2.46. The van der Waals surface area contributed by atoms with E-state index in [0.717, 1.165) is 16.8 Å². The Hall–Kier alpha value is -2.95. The van der Waals surface area contributed by atoms with E-state index in [9.17, 15) is 4.79 Å². The predicted octanol–water partition coefficient (Wildman–Crippen LogP) is 3.14. The number of rotatable bonds is 5. The minimum absolute atomic E-state index is 0.0203. The van der Waals surface area contributed by atoms with E-state index in [1.165, 1.54) is 0 Å². The van der Waals surface area contributed by atoms with Gasteiger partial charge in [0.15, 0.2) is 11.5 Å². The maximum Gasteiger partial charge on any atom is 0.256 e. The normalized spacial score (nSPS) is 15.2. The topological polar surface area (TPSA) is 48.0 Å². The summed E-state index contributed by atoms with van der Waals surface area (Å²) in [5.74, 6) is 1.55. The molecule has 1 heterocycles. The standard InChI is InChI=1S/C19H19NO4/c1-22-16-10-15(11-17(23-2)18(16)24-3)20-12-14(19(20)21)9-13-7-5-4-6-8-13/h4-11H,12H2,1-3H3/b14-9-. The highest BCUT2D eigenvalue weighted by molar-refractivity contribution is 6.16. The number of hydrogen-bond acceptors (Lipinski definition) is 4. The Morgan fingerprint density at radius 2 is 1.58 bits per heavy atom. The van der Waals surface area contributed by atoms with Gasteiger partial charge in [0.1, 0.15) is 0 Å². The highest BCUT2D eigenvalue weighted by Gasteiger charge is 2.33. The summed E-state index contributed by atoms with van der Waals surface area (Å²) in [4.78, 5) is 14.1. The summed E-state index contributed by atoms with van der Waals surface area (Å²) < 4.78 is 16.0. The molecule has 0 atom stereocenters. The molecule has 5 nitrogen and oxygen atoms in total. The summed E-state index contributed by atoms with van der Waals surface area (Å²) in [7, 11) is 4.66. The molecule has 1 fully saturated rings. The summed E-state index contributed by atoms with van der Waals surface area (Å²) in [5.41, 5.74) is 2.51. The highest BCUT2D eigenvalue weighted by Crippen LogP contribution is 2.42. The van der Waals surface area contributed by atoms with Crippen LogP contribution >= 0.6 is 0 Å². The second kappa shape index (κ2) is 6.66. The molecule has 0 aromatic heterocycles. The number of carbonyl (C=O) groups excluding carboxylic acids is 1. The lowest BCUT2D eigenvalue weighted by atomic mass is 10.0. The van der Waals surface area contributed by atoms with Gasteiger partial charge in [-0.25, -0.2) is 0 Å². The van der Waals surface area contributed by atoms with E-state index in [-0.39, 0.29) is 5.91 Å². The van der Waals surface area contributed by atoms with Crippen LogP contribution in [0.2, 0.25) is 0 Å². The van der Waals surface area contributed by atoms with Crippen LogP contribution < -0.4 is 19.1 Å². The minimum atomic E-state index is -0.0203.